The predicted molar refractivity (Wildman–Crippen MR) is 105 cm³/mol. The van der Waals surface area contributed by atoms with Crippen molar-refractivity contribution in [1.29, 1.82) is 10.5 Å². The number of nitriles is 2. The zero-order valence-electron chi connectivity index (χ0n) is 16.1. The number of hydrogen-bond acceptors (Lipinski definition) is 5. The van der Waals surface area contributed by atoms with Crippen molar-refractivity contribution in [2.24, 2.45) is 10.9 Å². The molecule has 0 amide bonds. The molecule has 0 atom stereocenters. The molecule has 2 saturated heterocycles. The Morgan fingerprint density at radius 1 is 0.846 bits per heavy atom. The van der Waals surface area contributed by atoms with Crippen LogP contribution in [0, 0.1) is 28.6 Å². The summed E-state index contributed by atoms with van der Waals surface area (Å²) in [5.41, 5.74) is 0. The van der Waals surface area contributed by atoms with Crippen LogP contribution in [0.1, 0.15) is 51.4 Å². The summed E-state index contributed by atoms with van der Waals surface area (Å²) in [6, 6.07) is 4.11. The Morgan fingerprint density at radius 3 is 1.92 bits per heavy atom. The zero-order valence-corrected chi connectivity index (χ0v) is 16.1. The summed E-state index contributed by atoms with van der Waals surface area (Å²) < 4.78 is 0. The first-order valence-corrected chi connectivity index (χ1v) is 10.4. The lowest BCUT2D eigenvalue weighted by atomic mass is 10.1. The number of hydrogen-bond donors (Lipinski definition) is 1. The highest BCUT2D eigenvalue weighted by atomic mass is 15.1. The molecule has 2 aliphatic heterocycles. The highest BCUT2D eigenvalue weighted by Gasteiger charge is 2.15. The number of amidine groups is 1. The molecule has 0 aromatic heterocycles. The Balaban J connectivity index is 1.69. The zero-order chi connectivity index (χ0) is 18.5. The predicted octanol–water partition coefficient (Wildman–Crippen LogP) is 2.39. The van der Waals surface area contributed by atoms with Gasteiger partial charge in [-0.05, 0) is 77.8 Å². The van der Waals surface area contributed by atoms with E-state index in [4.69, 9.17) is 0 Å². The molecule has 0 unspecified atom stereocenters. The Morgan fingerprint density at radius 2 is 1.38 bits per heavy atom. The van der Waals surface area contributed by atoms with Gasteiger partial charge in [0, 0.05) is 13.1 Å². The standard InChI is InChI=1S/C20H34N6/c21-17-19(18-22)20(23-9-7-15-25-11-3-1-4-12-25)24-10-8-16-26-13-5-2-6-14-26/h19H,1-16H2,(H,23,24). The van der Waals surface area contributed by atoms with Gasteiger partial charge in [0.05, 0.1) is 12.1 Å². The summed E-state index contributed by atoms with van der Waals surface area (Å²) in [6.45, 7) is 8.42. The van der Waals surface area contributed by atoms with E-state index in [2.05, 4.69) is 32.2 Å². The van der Waals surface area contributed by atoms with Crippen LogP contribution < -0.4 is 5.32 Å². The molecule has 2 rings (SSSR count). The fourth-order valence-corrected chi connectivity index (χ4v) is 3.78. The van der Waals surface area contributed by atoms with Gasteiger partial charge < -0.3 is 15.1 Å². The summed E-state index contributed by atoms with van der Waals surface area (Å²) in [7, 11) is 0. The highest BCUT2D eigenvalue weighted by molar-refractivity contribution is 5.89. The molecular weight excluding hydrogens is 324 g/mol. The van der Waals surface area contributed by atoms with Crippen molar-refractivity contribution in [3.05, 3.63) is 0 Å². The molecule has 0 bridgehead atoms. The number of nitrogens with one attached hydrogen (secondary N) is 1. The number of rotatable bonds is 9. The number of aliphatic imine (C=N–C) groups is 1. The monoisotopic (exact) mass is 358 g/mol. The Bertz CT molecular complexity index is 477. The van der Waals surface area contributed by atoms with E-state index in [1.165, 1.54) is 64.7 Å². The quantitative estimate of drug-likeness (QED) is 0.389. The van der Waals surface area contributed by atoms with Crippen LogP contribution in [0.3, 0.4) is 0 Å². The smallest absolute Gasteiger partial charge is 0.189 e. The molecule has 2 fully saturated rings. The molecule has 2 aliphatic rings. The van der Waals surface area contributed by atoms with Crippen molar-refractivity contribution >= 4 is 5.84 Å². The molecule has 0 aliphatic carbocycles. The van der Waals surface area contributed by atoms with Crippen LogP contribution in [0.5, 0.6) is 0 Å². The second-order valence-corrected chi connectivity index (χ2v) is 7.40. The minimum Gasteiger partial charge on any atom is -0.372 e. The van der Waals surface area contributed by atoms with Crippen LogP contribution in [0.2, 0.25) is 0 Å². The van der Waals surface area contributed by atoms with Gasteiger partial charge in [-0.2, -0.15) is 10.5 Å². The third-order valence-corrected chi connectivity index (χ3v) is 5.30. The second-order valence-electron chi connectivity index (χ2n) is 7.40. The molecule has 0 aromatic rings. The van der Waals surface area contributed by atoms with Crippen molar-refractivity contribution in [2.45, 2.75) is 51.4 Å². The third kappa shape index (κ3) is 7.72. The molecule has 2 heterocycles. The fraction of sp³-hybridized carbons (Fsp3) is 0.850. The van der Waals surface area contributed by atoms with Crippen LogP contribution in [0.25, 0.3) is 0 Å². The SMILES string of the molecule is N#CC(C#N)C(=NCCCN1CCCCC1)NCCCN1CCCCC1. The molecule has 26 heavy (non-hydrogen) atoms. The Hall–Kier alpha value is -1.63. The first-order chi connectivity index (χ1) is 12.8. The topological polar surface area (TPSA) is 78.4 Å². The average molecular weight is 359 g/mol. The van der Waals surface area contributed by atoms with Crippen molar-refractivity contribution in [2.75, 3.05) is 52.4 Å². The van der Waals surface area contributed by atoms with Gasteiger partial charge in [0.2, 0.25) is 0 Å². The third-order valence-electron chi connectivity index (χ3n) is 5.30. The normalized spacial score (nSPS) is 19.9. The average Bonchev–Trinajstić information content (AvgIpc) is 2.70. The molecule has 0 spiro atoms. The maximum Gasteiger partial charge on any atom is 0.189 e. The van der Waals surface area contributed by atoms with Gasteiger partial charge in [0.25, 0.3) is 0 Å². The molecule has 6 nitrogen and oxygen atoms in total. The van der Waals surface area contributed by atoms with E-state index in [1.807, 2.05) is 0 Å². The number of nitrogens with zero attached hydrogens (tertiary/aromatic N) is 5. The maximum absolute atomic E-state index is 9.21. The lowest BCUT2D eigenvalue weighted by molar-refractivity contribution is 0.226. The summed E-state index contributed by atoms with van der Waals surface area (Å²) in [4.78, 5) is 9.56. The van der Waals surface area contributed by atoms with Crippen LogP contribution in [0.15, 0.2) is 4.99 Å². The highest BCUT2D eigenvalue weighted by Crippen LogP contribution is 2.09. The summed E-state index contributed by atoms with van der Waals surface area (Å²) in [5, 5.41) is 21.7. The summed E-state index contributed by atoms with van der Waals surface area (Å²) in [5.74, 6) is -0.215. The summed E-state index contributed by atoms with van der Waals surface area (Å²) in [6.07, 6.45) is 9.94. The Labute approximate surface area is 158 Å². The van der Waals surface area contributed by atoms with Gasteiger partial charge in [-0.25, -0.2) is 0 Å². The Kier molecular flexibility index (Phi) is 10.1. The first-order valence-electron chi connectivity index (χ1n) is 10.4. The van der Waals surface area contributed by atoms with Gasteiger partial charge in [-0.3, -0.25) is 4.99 Å². The van der Waals surface area contributed by atoms with Crippen molar-refractivity contribution < 1.29 is 0 Å². The number of piperidine rings is 2. The minimum absolute atomic E-state index is 0.562. The first kappa shape index (κ1) is 20.7. The van der Waals surface area contributed by atoms with Crippen LogP contribution in [0.4, 0.5) is 0 Å². The van der Waals surface area contributed by atoms with Crippen LogP contribution in [-0.4, -0.2) is 68.0 Å². The van der Waals surface area contributed by atoms with Gasteiger partial charge in [-0.15, -0.1) is 0 Å². The van der Waals surface area contributed by atoms with E-state index < -0.39 is 5.92 Å². The van der Waals surface area contributed by atoms with Crippen LogP contribution >= 0.6 is 0 Å². The maximum atomic E-state index is 9.21. The lowest BCUT2D eigenvalue weighted by Gasteiger charge is -2.26. The molecule has 1 N–H and O–H groups in total. The molecule has 0 aromatic carbocycles. The van der Waals surface area contributed by atoms with E-state index in [0.717, 1.165) is 32.5 Å². The second kappa shape index (κ2) is 12.7. The van der Waals surface area contributed by atoms with E-state index in [9.17, 15) is 10.5 Å². The van der Waals surface area contributed by atoms with Crippen molar-refractivity contribution in [3.8, 4) is 12.1 Å². The van der Waals surface area contributed by atoms with Gasteiger partial charge >= 0.3 is 0 Å². The minimum atomic E-state index is -0.778. The van der Waals surface area contributed by atoms with Gasteiger partial charge in [0.1, 0.15) is 5.84 Å². The molecular formula is C20H34N6. The van der Waals surface area contributed by atoms with Gasteiger partial charge in [-0.1, -0.05) is 12.8 Å². The lowest BCUT2D eigenvalue weighted by Crippen LogP contribution is -2.35. The molecule has 144 valence electrons. The summed E-state index contributed by atoms with van der Waals surface area (Å²) >= 11 is 0. The number of likely N-dealkylation sites (tertiary alicyclic amines) is 2. The van der Waals surface area contributed by atoms with E-state index in [0.29, 0.717) is 12.4 Å². The molecule has 6 heteroatoms. The molecule has 0 saturated carbocycles. The van der Waals surface area contributed by atoms with Gasteiger partial charge in [0.15, 0.2) is 5.92 Å². The van der Waals surface area contributed by atoms with E-state index in [-0.39, 0.29) is 0 Å². The van der Waals surface area contributed by atoms with Crippen molar-refractivity contribution in [1.82, 2.24) is 15.1 Å². The largest absolute Gasteiger partial charge is 0.372 e. The fourth-order valence-electron chi connectivity index (χ4n) is 3.78. The van der Waals surface area contributed by atoms with E-state index >= 15 is 0 Å². The van der Waals surface area contributed by atoms with Crippen molar-refractivity contribution in [3.63, 3.8) is 0 Å². The molecule has 0 radical (unpaired) electrons. The van der Waals surface area contributed by atoms with Crippen LogP contribution in [-0.2, 0) is 0 Å². The van der Waals surface area contributed by atoms with E-state index in [1.54, 1.807) is 0 Å².